The van der Waals surface area contributed by atoms with Crippen LogP contribution < -0.4 is 0 Å². The SMILES string of the molecule is C[C@]12OCC(O)C1OCC2O. The monoisotopic (exact) mass is 160 g/mol. The number of hydrogen-bond donors (Lipinski definition) is 2. The fourth-order valence-corrected chi connectivity index (χ4v) is 1.74. The lowest BCUT2D eigenvalue weighted by molar-refractivity contribution is -0.0621. The molecule has 64 valence electrons. The van der Waals surface area contributed by atoms with Crippen LogP contribution in [0.5, 0.6) is 0 Å². The van der Waals surface area contributed by atoms with E-state index in [2.05, 4.69) is 0 Å². The van der Waals surface area contributed by atoms with Gasteiger partial charge in [0.25, 0.3) is 0 Å². The summed E-state index contributed by atoms with van der Waals surface area (Å²) in [5.41, 5.74) is -0.681. The van der Waals surface area contributed by atoms with E-state index >= 15 is 0 Å². The molecule has 2 rings (SSSR count). The van der Waals surface area contributed by atoms with Gasteiger partial charge in [-0.15, -0.1) is 0 Å². The summed E-state index contributed by atoms with van der Waals surface area (Å²) in [7, 11) is 0. The number of ether oxygens (including phenoxy) is 2. The van der Waals surface area contributed by atoms with E-state index in [4.69, 9.17) is 9.47 Å². The second kappa shape index (κ2) is 2.17. The third-order valence-corrected chi connectivity index (χ3v) is 2.57. The van der Waals surface area contributed by atoms with Crippen molar-refractivity contribution >= 4 is 0 Å². The summed E-state index contributed by atoms with van der Waals surface area (Å²) in [6.45, 7) is 2.29. The first-order valence-electron chi connectivity index (χ1n) is 3.76. The zero-order chi connectivity index (χ0) is 8.06. The molecule has 2 heterocycles. The Labute approximate surface area is 64.7 Å². The molecule has 4 heteroatoms. The Morgan fingerprint density at radius 1 is 1.36 bits per heavy atom. The highest BCUT2D eigenvalue weighted by molar-refractivity contribution is 5.04. The highest BCUT2D eigenvalue weighted by atomic mass is 16.6. The van der Waals surface area contributed by atoms with E-state index in [0.29, 0.717) is 0 Å². The molecule has 0 saturated carbocycles. The predicted octanol–water partition coefficient (Wildman–Crippen LogP) is -1.10. The number of fused-ring (bicyclic) bond motifs is 1. The van der Waals surface area contributed by atoms with Gasteiger partial charge in [0.15, 0.2) is 0 Å². The first-order valence-corrected chi connectivity index (χ1v) is 3.76. The van der Waals surface area contributed by atoms with Gasteiger partial charge in [0, 0.05) is 0 Å². The van der Waals surface area contributed by atoms with E-state index < -0.39 is 17.8 Å². The molecule has 2 fully saturated rings. The van der Waals surface area contributed by atoms with E-state index in [1.165, 1.54) is 0 Å². The van der Waals surface area contributed by atoms with E-state index in [0.717, 1.165) is 0 Å². The summed E-state index contributed by atoms with van der Waals surface area (Å²) in [4.78, 5) is 0. The van der Waals surface area contributed by atoms with Crippen LogP contribution in [0.1, 0.15) is 6.92 Å². The quantitative estimate of drug-likeness (QED) is 0.472. The van der Waals surface area contributed by atoms with Gasteiger partial charge in [-0.05, 0) is 6.92 Å². The van der Waals surface area contributed by atoms with Crippen molar-refractivity contribution < 1.29 is 19.7 Å². The molecular formula is C7H12O4. The Bertz CT molecular complexity index is 172. The molecule has 2 saturated heterocycles. The fraction of sp³-hybridized carbons (Fsp3) is 1.00. The van der Waals surface area contributed by atoms with Gasteiger partial charge in [-0.2, -0.15) is 0 Å². The molecule has 11 heavy (non-hydrogen) atoms. The van der Waals surface area contributed by atoms with Gasteiger partial charge < -0.3 is 19.7 Å². The molecule has 0 bridgehead atoms. The number of hydrogen-bond acceptors (Lipinski definition) is 4. The van der Waals surface area contributed by atoms with Crippen molar-refractivity contribution in [2.75, 3.05) is 13.2 Å². The Morgan fingerprint density at radius 2 is 2.09 bits per heavy atom. The minimum Gasteiger partial charge on any atom is -0.388 e. The van der Waals surface area contributed by atoms with Crippen molar-refractivity contribution in [3.8, 4) is 0 Å². The Kier molecular flexibility index (Phi) is 1.47. The van der Waals surface area contributed by atoms with Crippen LogP contribution in [0, 0.1) is 0 Å². The maximum absolute atomic E-state index is 9.42. The molecule has 4 atom stereocenters. The molecule has 2 aliphatic rings. The van der Waals surface area contributed by atoms with Crippen LogP contribution in [0.4, 0.5) is 0 Å². The second-order valence-electron chi connectivity index (χ2n) is 3.33. The third-order valence-electron chi connectivity index (χ3n) is 2.57. The van der Waals surface area contributed by atoms with Crippen molar-refractivity contribution in [2.24, 2.45) is 0 Å². The average Bonchev–Trinajstić information content (AvgIpc) is 2.39. The highest BCUT2D eigenvalue weighted by Crippen LogP contribution is 2.36. The van der Waals surface area contributed by atoms with Crippen LogP contribution in [-0.2, 0) is 9.47 Å². The minimum atomic E-state index is -0.681. The molecule has 0 radical (unpaired) electrons. The van der Waals surface area contributed by atoms with Crippen molar-refractivity contribution in [1.29, 1.82) is 0 Å². The first kappa shape index (κ1) is 7.49. The molecule has 0 aromatic heterocycles. The fourth-order valence-electron chi connectivity index (χ4n) is 1.74. The topological polar surface area (TPSA) is 58.9 Å². The number of aliphatic hydroxyl groups excluding tert-OH is 2. The van der Waals surface area contributed by atoms with Gasteiger partial charge >= 0.3 is 0 Å². The molecule has 2 N–H and O–H groups in total. The lowest BCUT2D eigenvalue weighted by Crippen LogP contribution is -2.43. The molecule has 0 aliphatic carbocycles. The van der Waals surface area contributed by atoms with E-state index in [-0.39, 0.29) is 19.3 Å². The van der Waals surface area contributed by atoms with Crippen LogP contribution in [0.25, 0.3) is 0 Å². The summed E-state index contributed by atoms with van der Waals surface area (Å²) in [5.74, 6) is 0. The van der Waals surface area contributed by atoms with Gasteiger partial charge in [0.05, 0.1) is 13.2 Å². The lowest BCUT2D eigenvalue weighted by atomic mass is 9.95. The molecule has 4 nitrogen and oxygen atoms in total. The van der Waals surface area contributed by atoms with Gasteiger partial charge in [0.2, 0.25) is 0 Å². The minimum absolute atomic E-state index is 0.262. The standard InChI is InChI=1S/C7H12O4/c1-7-5(9)3-10-6(7)4(8)2-11-7/h4-6,8-9H,2-3H2,1H3/t4?,5?,6?,7-/m1/s1. The third kappa shape index (κ3) is 0.840. The smallest absolute Gasteiger partial charge is 0.122 e. The summed E-state index contributed by atoms with van der Waals surface area (Å²) in [5, 5.41) is 18.7. The van der Waals surface area contributed by atoms with Gasteiger partial charge in [0.1, 0.15) is 23.9 Å². The van der Waals surface area contributed by atoms with Gasteiger partial charge in [-0.25, -0.2) is 0 Å². The van der Waals surface area contributed by atoms with Crippen molar-refractivity contribution in [3.63, 3.8) is 0 Å². The lowest BCUT2D eigenvalue weighted by Gasteiger charge is -2.24. The molecule has 0 aromatic rings. The number of rotatable bonds is 0. The zero-order valence-corrected chi connectivity index (χ0v) is 6.36. The first-order chi connectivity index (χ1) is 5.14. The van der Waals surface area contributed by atoms with Gasteiger partial charge in [-0.3, -0.25) is 0 Å². The number of aliphatic hydroxyl groups is 2. The molecule has 3 unspecified atom stereocenters. The molecule has 0 spiro atoms. The van der Waals surface area contributed by atoms with Crippen LogP contribution in [-0.4, -0.2) is 47.3 Å². The Hall–Kier alpha value is -0.160. The molecule has 0 amide bonds. The highest BCUT2D eigenvalue weighted by Gasteiger charge is 2.56. The Balaban J connectivity index is 2.23. The maximum Gasteiger partial charge on any atom is 0.122 e. The second-order valence-corrected chi connectivity index (χ2v) is 3.33. The summed E-state index contributed by atoms with van der Waals surface area (Å²) in [6, 6.07) is 0. The van der Waals surface area contributed by atoms with E-state index in [1.807, 2.05) is 0 Å². The van der Waals surface area contributed by atoms with Crippen molar-refractivity contribution in [1.82, 2.24) is 0 Å². The molecular weight excluding hydrogens is 148 g/mol. The summed E-state index contributed by atoms with van der Waals surface area (Å²) >= 11 is 0. The Morgan fingerprint density at radius 3 is 2.73 bits per heavy atom. The molecule has 0 aromatic carbocycles. The average molecular weight is 160 g/mol. The maximum atomic E-state index is 9.42. The van der Waals surface area contributed by atoms with Crippen LogP contribution >= 0.6 is 0 Å². The van der Waals surface area contributed by atoms with Gasteiger partial charge in [-0.1, -0.05) is 0 Å². The van der Waals surface area contributed by atoms with Crippen LogP contribution in [0.3, 0.4) is 0 Å². The summed E-state index contributed by atoms with van der Waals surface area (Å²) < 4.78 is 10.4. The van der Waals surface area contributed by atoms with E-state index in [1.54, 1.807) is 6.92 Å². The van der Waals surface area contributed by atoms with Crippen LogP contribution in [0.2, 0.25) is 0 Å². The van der Waals surface area contributed by atoms with Crippen molar-refractivity contribution in [2.45, 2.75) is 30.8 Å². The van der Waals surface area contributed by atoms with E-state index in [9.17, 15) is 10.2 Å². The summed E-state index contributed by atoms with van der Waals surface area (Å²) in [6.07, 6.45) is -1.54. The predicted molar refractivity (Wildman–Crippen MR) is 36.1 cm³/mol. The molecule has 2 aliphatic heterocycles. The van der Waals surface area contributed by atoms with Crippen LogP contribution in [0.15, 0.2) is 0 Å². The largest absolute Gasteiger partial charge is 0.388 e. The normalized spacial score (nSPS) is 56.5. The zero-order valence-electron chi connectivity index (χ0n) is 6.36. The van der Waals surface area contributed by atoms with Crippen molar-refractivity contribution in [3.05, 3.63) is 0 Å².